The summed E-state index contributed by atoms with van der Waals surface area (Å²) < 4.78 is 2.17. The van der Waals surface area contributed by atoms with Gasteiger partial charge in [-0.25, -0.2) is 4.98 Å². The highest BCUT2D eigenvalue weighted by Gasteiger charge is 2.06. The van der Waals surface area contributed by atoms with Crippen molar-refractivity contribution < 1.29 is 0 Å². The molecule has 0 amide bonds. The van der Waals surface area contributed by atoms with Gasteiger partial charge >= 0.3 is 0 Å². The second-order valence-electron chi connectivity index (χ2n) is 4.80. The summed E-state index contributed by atoms with van der Waals surface area (Å²) in [6.07, 6.45) is 1.84. The first-order valence-electron chi connectivity index (χ1n) is 6.84. The molecule has 1 heterocycles. The molecule has 0 unspecified atom stereocenters. The van der Waals surface area contributed by atoms with Gasteiger partial charge in [0.15, 0.2) is 5.82 Å². The van der Waals surface area contributed by atoms with Crippen molar-refractivity contribution in [2.75, 3.05) is 0 Å². The molecule has 0 aliphatic rings. The maximum Gasteiger partial charge on any atom is 0.152 e. The number of nitrogens with zero attached hydrogens (tertiary/aromatic N) is 3. The Morgan fingerprint density at radius 1 is 1.10 bits per heavy atom. The summed E-state index contributed by atoms with van der Waals surface area (Å²) in [5.41, 5.74) is 4.36. The van der Waals surface area contributed by atoms with E-state index in [-0.39, 0.29) is 0 Å². The number of hydrogen-bond donors (Lipinski definition) is 0. The predicted molar refractivity (Wildman–Crippen MR) is 83.8 cm³/mol. The van der Waals surface area contributed by atoms with Crippen LogP contribution in [0, 0.1) is 6.92 Å². The number of fused-ring (bicyclic) bond motifs is 1. The van der Waals surface area contributed by atoms with Crippen molar-refractivity contribution in [2.45, 2.75) is 20.4 Å². The maximum absolute atomic E-state index is 4.63. The molecule has 3 nitrogen and oxygen atoms in total. The number of benzene rings is 2. The first-order chi connectivity index (χ1) is 9.78. The van der Waals surface area contributed by atoms with Crippen molar-refractivity contribution in [2.24, 2.45) is 4.99 Å². The van der Waals surface area contributed by atoms with Crippen LogP contribution in [0.4, 0.5) is 5.69 Å². The van der Waals surface area contributed by atoms with Crippen LogP contribution in [0.25, 0.3) is 11.0 Å². The number of aryl methyl sites for hydroxylation is 2. The molecule has 0 saturated carbocycles. The zero-order valence-electron chi connectivity index (χ0n) is 11.7. The fourth-order valence-corrected chi connectivity index (χ4v) is 2.29. The zero-order valence-corrected chi connectivity index (χ0v) is 11.7. The van der Waals surface area contributed by atoms with Crippen LogP contribution in [0.15, 0.2) is 53.5 Å². The quantitative estimate of drug-likeness (QED) is 0.654. The zero-order chi connectivity index (χ0) is 13.9. The van der Waals surface area contributed by atoms with Crippen LogP contribution >= 0.6 is 0 Å². The van der Waals surface area contributed by atoms with Crippen LogP contribution in [0.5, 0.6) is 0 Å². The second kappa shape index (κ2) is 5.29. The molecule has 1 aromatic heterocycles. The van der Waals surface area contributed by atoms with E-state index in [1.54, 1.807) is 0 Å². The van der Waals surface area contributed by atoms with E-state index >= 15 is 0 Å². The Morgan fingerprint density at radius 2 is 1.85 bits per heavy atom. The molecule has 2 aromatic carbocycles. The molecule has 0 radical (unpaired) electrons. The molecule has 3 heteroatoms. The fourth-order valence-electron chi connectivity index (χ4n) is 2.29. The maximum atomic E-state index is 4.63. The third kappa shape index (κ3) is 2.35. The van der Waals surface area contributed by atoms with E-state index in [1.165, 1.54) is 5.56 Å². The first kappa shape index (κ1) is 12.6. The Bertz CT molecular complexity index is 752. The number of aliphatic imine (C=N–C) groups is 1. The van der Waals surface area contributed by atoms with Crippen LogP contribution in [0.2, 0.25) is 0 Å². The molecule has 0 atom stereocenters. The van der Waals surface area contributed by atoms with Gasteiger partial charge in [0.25, 0.3) is 0 Å². The van der Waals surface area contributed by atoms with Crippen molar-refractivity contribution in [1.29, 1.82) is 0 Å². The number of hydrogen-bond acceptors (Lipinski definition) is 2. The Hall–Kier alpha value is -2.42. The lowest BCUT2D eigenvalue weighted by atomic mass is 10.2. The van der Waals surface area contributed by atoms with E-state index in [1.807, 2.05) is 36.5 Å². The van der Waals surface area contributed by atoms with E-state index in [0.29, 0.717) is 0 Å². The van der Waals surface area contributed by atoms with E-state index in [2.05, 4.69) is 46.6 Å². The van der Waals surface area contributed by atoms with Gasteiger partial charge in [-0.1, -0.05) is 29.8 Å². The third-order valence-electron chi connectivity index (χ3n) is 3.36. The smallest absolute Gasteiger partial charge is 0.152 e. The van der Waals surface area contributed by atoms with E-state index in [0.717, 1.165) is 29.1 Å². The summed E-state index contributed by atoms with van der Waals surface area (Å²) in [6, 6.07) is 16.3. The van der Waals surface area contributed by atoms with Gasteiger partial charge in [-0.15, -0.1) is 0 Å². The van der Waals surface area contributed by atoms with Crippen molar-refractivity contribution >= 4 is 22.9 Å². The van der Waals surface area contributed by atoms with Gasteiger partial charge in [0, 0.05) is 6.54 Å². The van der Waals surface area contributed by atoms with Crippen LogP contribution < -0.4 is 0 Å². The number of rotatable bonds is 3. The summed E-state index contributed by atoms with van der Waals surface area (Å²) in [5, 5.41) is 0. The number of para-hydroxylation sites is 2. The third-order valence-corrected chi connectivity index (χ3v) is 3.36. The van der Waals surface area contributed by atoms with Gasteiger partial charge in [-0.2, -0.15) is 0 Å². The van der Waals surface area contributed by atoms with Gasteiger partial charge in [0.1, 0.15) is 0 Å². The van der Waals surface area contributed by atoms with Crippen molar-refractivity contribution in [3.8, 4) is 0 Å². The SMILES string of the molecule is CCn1c(C=Nc2ccc(C)cc2)nc2ccccc21. The predicted octanol–water partition coefficient (Wildman–Crippen LogP) is 4.12. The van der Waals surface area contributed by atoms with E-state index in [4.69, 9.17) is 0 Å². The average molecular weight is 263 g/mol. The van der Waals surface area contributed by atoms with Gasteiger partial charge < -0.3 is 4.57 Å². The summed E-state index contributed by atoms with van der Waals surface area (Å²) in [6.45, 7) is 5.08. The topological polar surface area (TPSA) is 30.2 Å². The van der Waals surface area contributed by atoms with Crippen molar-refractivity contribution in [1.82, 2.24) is 9.55 Å². The highest BCUT2D eigenvalue weighted by molar-refractivity contribution is 5.86. The summed E-state index contributed by atoms with van der Waals surface area (Å²) in [7, 11) is 0. The lowest BCUT2D eigenvalue weighted by Crippen LogP contribution is -2.00. The van der Waals surface area contributed by atoms with Crippen molar-refractivity contribution in [3.05, 3.63) is 59.9 Å². The normalized spacial score (nSPS) is 11.5. The minimum absolute atomic E-state index is 0.885. The highest BCUT2D eigenvalue weighted by atomic mass is 15.1. The molecule has 0 aliphatic carbocycles. The molecular formula is C17H17N3. The van der Waals surface area contributed by atoms with Gasteiger partial charge in [0.05, 0.1) is 22.9 Å². The molecule has 0 spiro atoms. The van der Waals surface area contributed by atoms with Crippen LogP contribution in [-0.2, 0) is 6.54 Å². The molecule has 3 rings (SSSR count). The van der Waals surface area contributed by atoms with Gasteiger partial charge in [-0.3, -0.25) is 4.99 Å². The molecule has 0 N–H and O–H groups in total. The lowest BCUT2D eigenvalue weighted by molar-refractivity contribution is 0.780. The van der Waals surface area contributed by atoms with Crippen LogP contribution in [-0.4, -0.2) is 15.8 Å². The Morgan fingerprint density at radius 3 is 2.60 bits per heavy atom. The molecule has 3 aromatic rings. The molecule has 0 bridgehead atoms. The summed E-state index contributed by atoms with van der Waals surface area (Å²) in [4.78, 5) is 9.14. The molecule has 0 fully saturated rings. The Kier molecular flexibility index (Phi) is 3.33. The monoisotopic (exact) mass is 263 g/mol. The molecule has 0 aliphatic heterocycles. The van der Waals surface area contributed by atoms with Gasteiger partial charge in [0.2, 0.25) is 0 Å². The largest absolute Gasteiger partial charge is 0.323 e. The molecular weight excluding hydrogens is 246 g/mol. The second-order valence-corrected chi connectivity index (χ2v) is 4.80. The van der Waals surface area contributed by atoms with Crippen LogP contribution in [0.1, 0.15) is 18.3 Å². The van der Waals surface area contributed by atoms with Crippen LogP contribution in [0.3, 0.4) is 0 Å². The van der Waals surface area contributed by atoms with E-state index in [9.17, 15) is 0 Å². The Labute approximate surface area is 118 Å². The first-order valence-corrected chi connectivity index (χ1v) is 6.84. The van der Waals surface area contributed by atoms with E-state index < -0.39 is 0 Å². The van der Waals surface area contributed by atoms with Crippen molar-refractivity contribution in [3.63, 3.8) is 0 Å². The average Bonchev–Trinajstić information content (AvgIpc) is 2.84. The fraction of sp³-hybridized carbons (Fsp3) is 0.176. The summed E-state index contributed by atoms with van der Waals surface area (Å²) >= 11 is 0. The van der Waals surface area contributed by atoms with Gasteiger partial charge in [-0.05, 0) is 38.1 Å². The molecule has 0 saturated heterocycles. The molecule has 100 valence electrons. The standard InChI is InChI=1S/C17H17N3/c1-3-20-16-7-5-4-6-15(16)19-17(20)12-18-14-10-8-13(2)9-11-14/h4-12H,3H2,1-2H3. The Balaban J connectivity index is 1.99. The number of aromatic nitrogens is 2. The minimum atomic E-state index is 0.885. The number of imidazole rings is 1. The minimum Gasteiger partial charge on any atom is -0.323 e. The highest BCUT2D eigenvalue weighted by Crippen LogP contribution is 2.16. The lowest BCUT2D eigenvalue weighted by Gasteiger charge is -2.01. The summed E-state index contributed by atoms with van der Waals surface area (Å²) in [5.74, 6) is 0.897. The molecule has 20 heavy (non-hydrogen) atoms.